The van der Waals surface area contributed by atoms with Crippen LogP contribution in [0.2, 0.25) is 0 Å². The third kappa shape index (κ3) is 4.70. The first-order valence-electron chi connectivity index (χ1n) is 10.3. The van der Waals surface area contributed by atoms with Crippen molar-refractivity contribution in [1.29, 1.82) is 0 Å². The predicted octanol–water partition coefficient (Wildman–Crippen LogP) is 2.68. The highest BCUT2D eigenvalue weighted by Gasteiger charge is 2.25. The highest BCUT2D eigenvalue weighted by atomic mass is 16.5. The van der Waals surface area contributed by atoms with Gasteiger partial charge in [0.15, 0.2) is 11.5 Å². The molecular weight excluding hydrogens is 400 g/mol. The molecule has 1 amide bonds. The van der Waals surface area contributed by atoms with E-state index in [0.29, 0.717) is 74.7 Å². The standard InChI is InChI=1S/C23H28N2O6/c1-27-18-5-4-16-13-24(15-23(26)25-6-8-30-9-7-25)14-17-10-21(28-2)22(29-3)12-20(17)31-19(16)11-18/h4-5,10-12H,6-9,13-15H2,1-3H3. The number of morpholine rings is 1. The summed E-state index contributed by atoms with van der Waals surface area (Å²) < 4.78 is 28.0. The van der Waals surface area contributed by atoms with Crippen molar-refractivity contribution < 1.29 is 28.5 Å². The molecule has 0 saturated carbocycles. The molecule has 0 radical (unpaired) electrons. The normalized spacial score (nSPS) is 16.3. The van der Waals surface area contributed by atoms with E-state index in [4.69, 9.17) is 23.7 Å². The van der Waals surface area contributed by atoms with Gasteiger partial charge >= 0.3 is 0 Å². The number of ether oxygens (including phenoxy) is 5. The summed E-state index contributed by atoms with van der Waals surface area (Å²) in [5.74, 6) is 3.36. The molecule has 8 heteroatoms. The lowest BCUT2D eigenvalue weighted by molar-refractivity contribution is -0.136. The zero-order chi connectivity index (χ0) is 21.8. The second kappa shape index (κ2) is 9.45. The van der Waals surface area contributed by atoms with Crippen LogP contribution < -0.4 is 18.9 Å². The van der Waals surface area contributed by atoms with Crippen molar-refractivity contribution >= 4 is 5.91 Å². The van der Waals surface area contributed by atoms with E-state index in [1.165, 1.54) is 0 Å². The van der Waals surface area contributed by atoms with Gasteiger partial charge in [-0.05, 0) is 12.1 Å². The van der Waals surface area contributed by atoms with Gasteiger partial charge in [-0.3, -0.25) is 9.69 Å². The molecule has 0 unspecified atom stereocenters. The Labute approximate surface area is 182 Å². The molecule has 0 aromatic heterocycles. The van der Waals surface area contributed by atoms with Crippen molar-refractivity contribution in [2.75, 3.05) is 54.2 Å². The Morgan fingerprint density at radius 2 is 1.58 bits per heavy atom. The van der Waals surface area contributed by atoms with Crippen molar-refractivity contribution in [2.24, 2.45) is 0 Å². The molecule has 8 nitrogen and oxygen atoms in total. The van der Waals surface area contributed by atoms with Gasteiger partial charge in [0.2, 0.25) is 5.91 Å². The highest BCUT2D eigenvalue weighted by Crippen LogP contribution is 2.40. The molecule has 0 aliphatic carbocycles. The maximum absolute atomic E-state index is 12.9. The molecule has 1 fully saturated rings. The van der Waals surface area contributed by atoms with Crippen molar-refractivity contribution in [3.63, 3.8) is 0 Å². The predicted molar refractivity (Wildman–Crippen MR) is 114 cm³/mol. The van der Waals surface area contributed by atoms with Crippen LogP contribution in [0.15, 0.2) is 30.3 Å². The van der Waals surface area contributed by atoms with Crippen LogP contribution >= 0.6 is 0 Å². The monoisotopic (exact) mass is 428 g/mol. The molecule has 2 aliphatic rings. The van der Waals surface area contributed by atoms with Crippen LogP contribution in [-0.4, -0.2) is 69.9 Å². The quantitative estimate of drug-likeness (QED) is 0.725. The fourth-order valence-corrected chi connectivity index (χ4v) is 3.88. The van der Waals surface area contributed by atoms with Crippen LogP contribution in [0, 0.1) is 0 Å². The van der Waals surface area contributed by atoms with Gasteiger partial charge in [-0.2, -0.15) is 0 Å². The van der Waals surface area contributed by atoms with Gasteiger partial charge in [-0.15, -0.1) is 0 Å². The third-order valence-electron chi connectivity index (χ3n) is 5.57. The van der Waals surface area contributed by atoms with Gasteiger partial charge in [0.1, 0.15) is 17.2 Å². The molecule has 2 heterocycles. The van der Waals surface area contributed by atoms with Crippen molar-refractivity contribution in [3.05, 3.63) is 41.5 Å². The molecule has 0 N–H and O–H groups in total. The number of rotatable bonds is 5. The average Bonchev–Trinajstić information content (AvgIpc) is 2.80. The van der Waals surface area contributed by atoms with Gasteiger partial charge in [0, 0.05) is 49.4 Å². The first-order valence-corrected chi connectivity index (χ1v) is 10.3. The molecule has 2 aromatic rings. The summed E-state index contributed by atoms with van der Waals surface area (Å²) in [6.07, 6.45) is 0. The minimum atomic E-state index is 0.0990. The Balaban J connectivity index is 1.69. The topological polar surface area (TPSA) is 69.7 Å². The smallest absolute Gasteiger partial charge is 0.236 e. The summed E-state index contributed by atoms with van der Waals surface area (Å²) in [6.45, 7) is 3.85. The lowest BCUT2D eigenvalue weighted by atomic mass is 10.1. The number of carbonyl (C=O) groups excluding carboxylic acids is 1. The Morgan fingerprint density at radius 3 is 2.29 bits per heavy atom. The van der Waals surface area contributed by atoms with E-state index in [0.717, 1.165) is 11.1 Å². The Bertz CT molecular complexity index is 942. The highest BCUT2D eigenvalue weighted by molar-refractivity contribution is 5.78. The van der Waals surface area contributed by atoms with Gasteiger partial charge in [0.05, 0.1) is 41.1 Å². The van der Waals surface area contributed by atoms with E-state index in [1.807, 2.05) is 35.2 Å². The van der Waals surface area contributed by atoms with Crippen molar-refractivity contribution in [1.82, 2.24) is 9.80 Å². The molecule has 166 valence electrons. The summed E-state index contributed by atoms with van der Waals surface area (Å²) in [7, 11) is 4.82. The Morgan fingerprint density at radius 1 is 0.903 bits per heavy atom. The zero-order valence-electron chi connectivity index (χ0n) is 18.2. The van der Waals surface area contributed by atoms with Gasteiger partial charge in [-0.25, -0.2) is 0 Å². The summed E-state index contributed by atoms with van der Waals surface area (Å²) in [5, 5.41) is 0. The minimum absolute atomic E-state index is 0.0990. The third-order valence-corrected chi connectivity index (χ3v) is 5.57. The maximum atomic E-state index is 12.9. The van der Waals surface area contributed by atoms with Crippen LogP contribution in [0.4, 0.5) is 0 Å². The number of fused-ring (bicyclic) bond motifs is 2. The average molecular weight is 428 g/mol. The minimum Gasteiger partial charge on any atom is -0.497 e. The van der Waals surface area contributed by atoms with Crippen LogP contribution in [0.1, 0.15) is 11.1 Å². The molecule has 0 bridgehead atoms. The zero-order valence-corrected chi connectivity index (χ0v) is 18.2. The lowest BCUT2D eigenvalue weighted by Crippen LogP contribution is -2.45. The van der Waals surface area contributed by atoms with Gasteiger partial charge < -0.3 is 28.6 Å². The number of carbonyl (C=O) groups is 1. The van der Waals surface area contributed by atoms with E-state index in [-0.39, 0.29) is 5.91 Å². The van der Waals surface area contributed by atoms with Crippen molar-refractivity contribution in [3.8, 4) is 28.7 Å². The van der Waals surface area contributed by atoms with Crippen LogP contribution in [0.25, 0.3) is 0 Å². The van der Waals surface area contributed by atoms with E-state index >= 15 is 0 Å². The molecule has 31 heavy (non-hydrogen) atoms. The van der Waals surface area contributed by atoms with Crippen molar-refractivity contribution in [2.45, 2.75) is 13.1 Å². The number of benzene rings is 2. The second-order valence-electron chi connectivity index (χ2n) is 7.53. The SMILES string of the molecule is COc1ccc2c(c1)Oc1cc(OC)c(OC)cc1CN(CC(=O)N1CCOCC1)C2. The van der Waals surface area contributed by atoms with Gasteiger partial charge in [0.25, 0.3) is 0 Å². The van der Waals surface area contributed by atoms with E-state index in [9.17, 15) is 4.79 Å². The lowest BCUT2D eigenvalue weighted by Gasteiger charge is -2.32. The molecule has 4 rings (SSSR count). The van der Waals surface area contributed by atoms with Gasteiger partial charge in [-0.1, -0.05) is 6.07 Å². The Hall–Kier alpha value is -2.97. The number of methoxy groups -OCH3 is 3. The second-order valence-corrected chi connectivity index (χ2v) is 7.53. The largest absolute Gasteiger partial charge is 0.497 e. The summed E-state index contributed by atoms with van der Waals surface area (Å²) in [4.78, 5) is 16.9. The fourth-order valence-electron chi connectivity index (χ4n) is 3.88. The first-order chi connectivity index (χ1) is 15.1. The van der Waals surface area contributed by atoms with E-state index in [2.05, 4.69) is 4.90 Å². The number of amides is 1. The number of hydrogen-bond donors (Lipinski definition) is 0. The maximum Gasteiger partial charge on any atom is 0.236 e. The van der Waals surface area contributed by atoms with Crippen LogP contribution in [-0.2, 0) is 22.6 Å². The molecule has 2 aromatic carbocycles. The summed E-state index contributed by atoms with van der Waals surface area (Å²) >= 11 is 0. The molecule has 2 aliphatic heterocycles. The summed E-state index contributed by atoms with van der Waals surface area (Å²) in [5.41, 5.74) is 1.90. The van der Waals surface area contributed by atoms with E-state index < -0.39 is 0 Å². The van der Waals surface area contributed by atoms with Crippen LogP contribution in [0.5, 0.6) is 28.7 Å². The summed E-state index contributed by atoms with van der Waals surface area (Å²) in [6, 6.07) is 9.48. The number of hydrogen-bond acceptors (Lipinski definition) is 7. The fraction of sp³-hybridized carbons (Fsp3) is 0.435. The first kappa shape index (κ1) is 21.3. The van der Waals surface area contributed by atoms with E-state index in [1.54, 1.807) is 21.3 Å². The van der Waals surface area contributed by atoms with Crippen LogP contribution in [0.3, 0.4) is 0 Å². The number of nitrogens with zero attached hydrogens (tertiary/aromatic N) is 2. The Kier molecular flexibility index (Phi) is 6.48. The molecule has 0 spiro atoms. The molecular formula is C23H28N2O6. The molecule has 0 atom stereocenters. The molecule has 1 saturated heterocycles.